The van der Waals surface area contributed by atoms with E-state index < -0.39 is 16.1 Å². The summed E-state index contributed by atoms with van der Waals surface area (Å²) in [6.45, 7) is 3.35. The minimum absolute atomic E-state index is 0.0519. The molecule has 2 heterocycles. The van der Waals surface area contributed by atoms with E-state index >= 15 is 0 Å². The van der Waals surface area contributed by atoms with Gasteiger partial charge >= 0.3 is 6.03 Å². The zero-order valence-electron chi connectivity index (χ0n) is 14.8. The summed E-state index contributed by atoms with van der Waals surface area (Å²) in [7, 11) is -3.41. The number of sulfonamides is 1. The van der Waals surface area contributed by atoms with Crippen LogP contribution in [0, 0.1) is 0 Å². The van der Waals surface area contributed by atoms with Gasteiger partial charge in [0.1, 0.15) is 6.04 Å². The number of amides is 3. The quantitative estimate of drug-likeness (QED) is 0.778. The Morgan fingerprint density at radius 3 is 2.85 bits per heavy atom. The van der Waals surface area contributed by atoms with E-state index in [0.717, 1.165) is 0 Å². The highest BCUT2D eigenvalue weighted by atomic mass is 32.2. The minimum Gasteiger partial charge on any atom is -0.336 e. The summed E-state index contributed by atoms with van der Waals surface area (Å²) in [5.74, 6) is -0.277. The van der Waals surface area contributed by atoms with Crippen molar-refractivity contribution in [1.82, 2.24) is 9.62 Å². The van der Waals surface area contributed by atoms with Crippen LogP contribution in [0.25, 0.3) is 0 Å². The summed E-state index contributed by atoms with van der Waals surface area (Å²) in [6, 6.07) is 6.18. The first kappa shape index (κ1) is 18.7. The van der Waals surface area contributed by atoms with Crippen LogP contribution < -0.4 is 15.5 Å². The van der Waals surface area contributed by atoms with Crippen LogP contribution in [-0.2, 0) is 14.8 Å². The molecule has 2 aliphatic heterocycles. The lowest BCUT2D eigenvalue weighted by Crippen LogP contribution is -2.44. The predicted octanol–water partition coefficient (Wildman–Crippen LogP) is 1.36. The maximum atomic E-state index is 12.7. The zero-order valence-corrected chi connectivity index (χ0v) is 15.6. The molecule has 142 valence electrons. The molecule has 0 aliphatic carbocycles. The van der Waals surface area contributed by atoms with E-state index in [2.05, 4.69) is 10.6 Å². The van der Waals surface area contributed by atoms with Crippen LogP contribution >= 0.6 is 0 Å². The summed E-state index contributed by atoms with van der Waals surface area (Å²) in [4.78, 5) is 26.0. The van der Waals surface area contributed by atoms with Crippen LogP contribution in [0.15, 0.2) is 24.3 Å². The summed E-state index contributed by atoms with van der Waals surface area (Å²) in [6.07, 6.45) is 1.71. The third-order valence-electron chi connectivity index (χ3n) is 4.61. The molecule has 9 heteroatoms. The van der Waals surface area contributed by atoms with Crippen LogP contribution in [-0.4, -0.2) is 56.1 Å². The van der Waals surface area contributed by atoms with Crippen molar-refractivity contribution in [1.29, 1.82) is 0 Å². The first-order valence-electron chi connectivity index (χ1n) is 8.88. The molecule has 0 radical (unpaired) electrons. The van der Waals surface area contributed by atoms with Gasteiger partial charge < -0.3 is 10.6 Å². The monoisotopic (exact) mass is 380 g/mol. The fraction of sp³-hybridized carbons (Fsp3) is 0.529. The predicted molar refractivity (Wildman–Crippen MR) is 99.6 cm³/mol. The van der Waals surface area contributed by atoms with Crippen LogP contribution in [0.4, 0.5) is 16.2 Å². The maximum Gasteiger partial charge on any atom is 0.321 e. The number of hydrogen-bond donors (Lipinski definition) is 2. The molecule has 1 aromatic carbocycles. The van der Waals surface area contributed by atoms with Crippen molar-refractivity contribution >= 4 is 33.3 Å². The Morgan fingerprint density at radius 2 is 2.15 bits per heavy atom. The Hall–Kier alpha value is -2.13. The number of carbonyl (C=O) groups is 2. The summed E-state index contributed by atoms with van der Waals surface area (Å²) < 4.78 is 26.0. The molecule has 26 heavy (non-hydrogen) atoms. The molecule has 3 rings (SSSR count). The highest BCUT2D eigenvalue weighted by molar-refractivity contribution is 7.89. The maximum absolute atomic E-state index is 12.7. The highest BCUT2D eigenvalue weighted by Gasteiger charge is 2.38. The first-order chi connectivity index (χ1) is 12.4. The van der Waals surface area contributed by atoms with E-state index in [0.29, 0.717) is 50.3 Å². The Balaban J connectivity index is 1.72. The number of hydrogen-bond acceptors (Lipinski definition) is 4. The largest absolute Gasteiger partial charge is 0.336 e. The minimum atomic E-state index is -3.41. The molecule has 2 aliphatic rings. The molecular weight excluding hydrogens is 356 g/mol. The number of nitrogens with one attached hydrogen (secondary N) is 2. The second kappa shape index (κ2) is 7.63. The fourth-order valence-electron chi connectivity index (χ4n) is 3.41. The van der Waals surface area contributed by atoms with Crippen LogP contribution in [0.1, 0.15) is 26.2 Å². The Morgan fingerprint density at radius 1 is 1.35 bits per heavy atom. The van der Waals surface area contributed by atoms with Gasteiger partial charge in [0.15, 0.2) is 0 Å². The summed E-state index contributed by atoms with van der Waals surface area (Å²) >= 11 is 0. The average Bonchev–Trinajstić information content (AvgIpc) is 3.24. The Bertz CT molecular complexity index is 796. The molecule has 0 bridgehead atoms. The summed E-state index contributed by atoms with van der Waals surface area (Å²) in [5.41, 5.74) is 1.24. The third kappa shape index (κ3) is 3.83. The SMILES string of the molecule is CCCS(=O)(=O)N1CCCC1C(=O)Nc1cccc(N2CCNC2=O)c1. The molecule has 1 atom stereocenters. The van der Waals surface area contributed by atoms with E-state index in [9.17, 15) is 18.0 Å². The number of anilines is 2. The second-order valence-electron chi connectivity index (χ2n) is 6.51. The smallest absolute Gasteiger partial charge is 0.321 e. The Labute approximate surface area is 153 Å². The molecule has 1 unspecified atom stereocenters. The van der Waals surface area contributed by atoms with Crippen LogP contribution in [0.5, 0.6) is 0 Å². The van der Waals surface area contributed by atoms with Crippen molar-refractivity contribution in [3.05, 3.63) is 24.3 Å². The molecule has 0 spiro atoms. The van der Waals surface area contributed by atoms with E-state index in [1.807, 2.05) is 6.92 Å². The fourth-order valence-corrected chi connectivity index (χ4v) is 5.15. The van der Waals surface area contributed by atoms with Gasteiger partial charge in [0.25, 0.3) is 0 Å². The molecule has 0 aromatic heterocycles. The average molecular weight is 380 g/mol. The molecule has 3 amide bonds. The van der Waals surface area contributed by atoms with E-state index in [1.165, 1.54) is 4.31 Å². The molecule has 2 fully saturated rings. The topological polar surface area (TPSA) is 98.8 Å². The van der Waals surface area contributed by atoms with Gasteiger partial charge in [0.2, 0.25) is 15.9 Å². The third-order valence-corrected chi connectivity index (χ3v) is 6.68. The van der Waals surface area contributed by atoms with Gasteiger partial charge in [-0.05, 0) is 37.5 Å². The molecule has 0 saturated carbocycles. The molecule has 2 saturated heterocycles. The highest BCUT2D eigenvalue weighted by Crippen LogP contribution is 2.25. The van der Waals surface area contributed by atoms with Gasteiger partial charge in [-0.15, -0.1) is 0 Å². The molecule has 2 N–H and O–H groups in total. The lowest BCUT2D eigenvalue weighted by molar-refractivity contribution is -0.119. The van der Waals surface area contributed by atoms with Crippen molar-refractivity contribution in [2.24, 2.45) is 0 Å². The van der Waals surface area contributed by atoms with Crippen LogP contribution in [0.2, 0.25) is 0 Å². The Kier molecular flexibility index (Phi) is 5.47. The van der Waals surface area contributed by atoms with Gasteiger partial charge in [0, 0.05) is 31.0 Å². The second-order valence-corrected chi connectivity index (χ2v) is 8.55. The zero-order chi connectivity index (χ0) is 18.7. The van der Waals surface area contributed by atoms with Crippen molar-refractivity contribution in [3.8, 4) is 0 Å². The molecule has 1 aromatic rings. The van der Waals surface area contributed by atoms with Crippen molar-refractivity contribution in [2.75, 3.05) is 35.6 Å². The number of benzene rings is 1. The van der Waals surface area contributed by atoms with Gasteiger partial charge in [-0.2, -0.15) is 4.31 Å². The standard InChI is InChI=1S/C17H24N4O4S/c1-2-11-26(24,25)21-9-4-7-15(21)16(22)19-13-5-3-6-14(12-13)20-10-8-18-17(20)23/h3,5-6,12,15H,2,4,7-11H2,1H3,(H,18,23)(H,19,22). The summed E-state index contributed by atoms with van der Waals surface area (Å²) in [5, 5.41) is 5.54. The van der Waals surface area contributed by atoms with Gasteiger partial charge in [-0.3, -0.25) is 9.69 Å². The van der Waals surface area contributed by atoms with Crippen molar-refractivity contribution in [3.63, 3.8) is 0 Å². The van der Waals surface area contributed by atoms with Gasteiger partial charge in [0.05, 0.1) is 5.75 Å². The number of rotatable bonds is 6. The van der Waals surface area contributed by atoms with Gasteiger partial charge in [-0.1, -0.05) is 13.0 Å². The normalized spacial score (nSPS) is 21.0. The van der Waals surface area contributed by atoms with Gasteiger partial charge in [-0.25, -0.2) is 13.2 Å². The van der Waals surface area contributed by atoms with E-state index in [1.54, 1.807) is 29.2 Å². The van der Waals surface area contributed by atoms with E-state index in [-0.39, 0.29) is 17.7 Å². The van der Waals surface area contributed by atoms with Crippen molar-refractivity contribution < 1.29 is 18.0 Å². The number of nitrogens with zero attached hydrogens (tertiary/aromatic N) is 2. The van der Waals surface area contributed by atoms with Crippen molar-refractivity contribution in [2.45, 2.75) is 32.2 Å². The molecule has 8 nitrogen and oxygen atoms in total. The van der Waals surface area contributed by atoms with E-state index in [4.69, 9.17) is 0 Å². The molecular formula is C17H24N4O4S. The number of carbonyl (C=O) groups excluding carboxylic acids is 2. The lowest BCUT2D eigenvalue weighted by Gasteiger charge is -2.23. The first-order valence-corrected chi connectivity index (χ1v) is 10.5. The van der Waals surface area contributed by atoms with Crippen LogP contribution in [0.3, 0.4) is 0 Å². The number of urea groups is 1. The lowest BCUT2D eigenvalue weighted by atomic mass is 10.2.